The van der Waals surface area contributed by atoms with Gasteiger partial charge in [0.2, 0.25) is 0 Å². The Morgan fingerprint density at radius 3 is 2.21 bits per heavy atom. The molecular formula is C7H13F3O4. The second kappa shape index (κ2) is 6.99. The minimum Gasteiger partial charge on any atom is -0.394 e. The molecule has 14 heavy (non-hydrogen) atoms. The van der Waals surface area contributed by atoms with Crippen LogP contribution in [0.2, 0.25) is 0 Å². The quantitative estimate of drug-likeness (QED) is 0.587. The van der Waals surface area contributed by atoms with E-state index in [1.54, 1.807) is 0 Å². The van der Waals surface area contributed by atoms with E-state index in [0.717, 1.165) is 0 Å². The molecule has 0 fully saturated rings. The van der Waals surface area contributed by atoms with E-state index >= 15 is 0 Å². The minimum atomic E-state index is -4.38. The average molecular weight is 218 g/mol. The first-order valence-corrected chi connectivity index (χ1v) is 3.97. The van der Waals surface area contributed by atoms with Crippen molar-refractivity contribution in [1.29, 1.82) is 0 Å². The zero-order valence-corrected chi connectivity index (χ0v) is 7.46. The summed E-state index contributed by atoms with van der Waals surface area (Å²) in [6.45, 7) is -2.14. The van der Waals surface area contributed by atoms with E-state index < -0.39 is 25.5 Å². The Labute approximate surface area is 79.2 Å². The summed E-state index contributed by atoms with van der Waals surface area (Å²) in [6, 6.07) is 0. The fourth-order valence-electron chi connectivity index (χ4n) is 0.643. The molecule has 0 heterocycles. The molecule has 0 aromatic rings. The molecule has 0 amide bonds. The van der Waals surface area contributed by atoms with E-state index in [4.69, 9.17) is 10.2 Å². The van der Waals surface area contributed by atoms with Crippen molar-refractivity contribution in [3.8, 4) is 0 Å². The van der Waals surface area contributed by atoms with Crippen LogP contribution in [0.25, 0.3) is 0 Å². The third-order valence-corrected chi connectivity index (χ3v) is 1.12. The highest BCUT2D eigenvalue weighted by atomic mass is 19.4. The highest BCUT2D eigenvalue weighted by Crippen LogP contribution is 2.14. The van der Waals surface area contributed by atoms with Crippen molar-refractivity contribution in [2.24, 2.45) is 0 Å². The zero-order valence-electron chi connectivity index (χ0n) is 7.46. The second-order valence-electron chi connectivity index (χ2n) is 2.58. The normalized spacial score (nSPS) is 14.4. The van der Waals surface area contributed by atoms with Crippen LogP contribution in [-0.2, 0) is 9.47 Å². The SMILES string of the molecule is OCCOCC(O)COCC(F)(F)F. The highest BCUT2D eigenvalue weighted by molar-refractivity contribution is 4.53. The first-order chi connectivity index (χ1) is 6.45. The van der Waals surface area contributed by atoms with Gasteiger partial charge in [0.05, 0.1) is 26.4 Å². The molecule has 0 aliphatic rings. The van der Waals surface area contributed by atoms with E-state index in [0.29, 0.717) is 0 Å². The summed E-state index contributed by atoms with van der Waals surface area (Å²) in [6.07, 6.45) is -5.49. The van der Waals surface area contributed by atoms with Gasteiger partial charge in [-0.2, -0.15) is 13.2 Å². The van der Waals surface area contributed by atoms with Gasteiger partial charge in [-0.3, -0.25) is 0 Å². The van der Waals surface area contributed by atoms with Crippen LogP contribution >= 0.6 is 0 Å². The molecule has 0 rings (SSSR count). The van der Waals surface area contributed by atoms with Crippen molar-refractivity contribution < 1.29 is 32.9 Å². The van der Waals surface area contributed by atoms with Crippen LogP contribution in [0.4, 0.5) is 13.2 Å². The molecule has 0 saturated carbocycles. The van der Waals surface area contributed by atoms with E-state index in [1.165, 1.54) is 0 Å². The molecule has 2 N–H and O–H groups in total. The molecule has 0 saturated heterocycles. The van der Waals surface area contributed by atoms with Gasteiger partial charge in [0.15, 0.2) is 0 Å². The molecule has 0 spiro atoms. The van der Waals surface area contributed by atoms with Crippen LogP contribution < -0.4 is 0 Å². The van der Waals surface area contributed by atoms with Crippen LogP contribution in [0.1, 0.15) is 0 Å². The number of halogens is 3. The van der Waals surface area contributed by atoms with Crippen LogP contribution in [0.3, 0.4) is 0 Å². The Morgan fingerprint density at radius 1 is 1.14 bits per heavy atom. The van der Waals surface area contributed by atoms with Crippen LogP contribution in [0.5, 0.6) is 0 Å². The predicted molar refractivity (Wildman–Crippen MR) is 40.8 cm³/mol. The highest BCUT2D eigenvalue weighted by Gasteiger charge is 2.27. The lowest BCUT2D eigenvalue weighted by molar-refractivity contribution is -0.180. The molecule has 4 nitrogen and oxygen atoms in total. The Kier molecular flexibility index (Phi) is 6.81. The first-order valence-electron chi connectivity index (χ1n) is 3.97. The van der Waals surface area contributed by atoms with Gasteiger partial charge < -0.3 is 19.7 Å². The summed E-state index contributed by atoms with van der Waals surface area (Å²) < 4.78 is 43.5. The summed E-state index contributed by atoms with van der Waals surface area (Å²) in [4.78, 5) is 0. The maximum atomic E-state index is 11.5. The molecule has 1 atom stereocenters. The summed E-state index contributed by atoms with van der Waals surface area (Å²) in [5, 5.41) is 17.2. The van der Waals surface area contributed by atoms with Crippen molar-refractivity contribution >= 4 is 0 Å². The molecule has 0 aliphatic carbocycles. The molecule has 0 aromatic carbocycles. The summed E-state index contributed by atoms with van der Waals surface area (Å²) in [5.74, 6) is 0. The number of ether oxygens (including phenoxy) is 2. The van der Waals surface area contributed by atoms with Gasteiger partial charge in [-0.1, -0.05) is 0 Å². The number of aliphatic hydroxyl groups is 2. The minimum absolute atomic E-state index is 0.0380. The number of alkyl halides is 3. The monoisotopic (exact) mass is 218 g/mol. The predicted octanol–water partition coefficient (Wildman–Crippen LogP) is -0.0649. The molecular weight excluding hydrogens is 205 g/mol. The molecule has 86 valence electrons. The molecule has 0 radical (unpaired) electrons. The van der Waals surface area contributed by atoms with Crippen LogP contribution in [0, 0.1) is 0 Å². The van der Waals surface area contributed by atoms with Gasteiger partial charge in [0.25, 0.3) is 0 Å². The fraction of sp³-hybridized carbons (Fsp3) is 1.00. The zero-order chi connectivity index (χ0) is 11.0. The largest absolute Gasteiger partial charge is 0.411 e. The van der Waals surface area contributed by atoms with E-state index in [9.17, 15) is 13.2 Å². The topological polar surface area (TPSA) is 58.9 Å². The third kappa shape index (κ3) is 9.72. The second-order valence-corrected chi connectivity index (χ2v) is 2.58. The Balaban J connectivity index is 3.31. The Morgan fingerprint density at radius 2 is 1.71 bits per heavy atom. The Bertz CT molecular complexity index is 139. The van der Waals surface area contributed by atoms with Gasteiger partial charge in [-0.05, 0) is 0 Å². The van der Waals surface area contributed by atoms with Crippen LogP contribution in [0.15, 0.2) is 0 Å². The summed E-state index contributed by atoms with van der Waals surface area (Å²) in [5.41, 5.74) is 0. The smallest absolute Gasteiger partial charge is 0.394 e. The molecule has 0 aromatic heterocycles. The van der Waals surface area contributed by atoms with Gasteiger partial charge in [-0.25, -0.2) is 0 Å². The van der Waals surface area contributed by atoms with Crippen molar-refractivity contribution in [2.45, 2.75) is 12.3 Å². The van der Waals surface area contributed by atoms with Gasteiger partial charge >= 0.3 is 6.18 Å². The summed E-state index contributed by atoms with van der Waals surface area (Å²) >= 11 is 0. The average Bonchev–Trinajstić information content (AvgIpc) is 2.02. The lowest BCUT2D eigenvalue weighted by atomic mass is 10.4. The standard InChI is InChI=1S/C7H13F3O4/c8-7(9,10)5-14-4-6(12)3-13-2-1-11/h6,11-12H,1-5H2. The van der Waals surface area contributed by atoms with Crippen molar-refractivity contribution in [3.05, 3.63) is 0 Å². The van der Waals surface area contributed by atoms with Crippen LogP contribution in [-0.4, -0.2) is 55.5 Å². The van der Waals surface area contributed by atoms with Gasteiger partial charge in [0.1, 0.15) is 12.7 Å². The summed E-state index contributed by atoms with van der Waals surface area (Å²) in [7, 11) is 0. The van der Waals surface area contributed by atoms with Crippen molar-refractivity contribution in [1.82, 2.24) is 0 Å². The number of rotatable bonds is 7. The lowest BCUT2D eigenvalue weighted by Gasteiger charge is -2.12. The first kappa shape index (κ1) is 13.6. The Hall–Kier alpha value is -0.370. The third-order valence-electron chi connectivity index (χ3n) is 1.12. The lowest BCUT2D eigenvalue weighted by Crippen LogP contribution is -2.26. The molecule has 0 aliphatic heterocycles. The molecule has 7 heteroatoms. The van der Waals surface area contributed by atoms with E-state index in [1.807, 2.05) is 0 Å². The molecule has 0 bridgehead atoms. The van der Waals surface area contributed by atoms with Gasteiger partial charge in [0, 0.05) is 0 Å². The maximum absolute atomic E-state index is 11.5. The number of aliphatic hydroxyl groups excluding tert-OH is 2. The number of hydrogen-bond donors (Lipinski definition) is 2. The van der Waals surface area contributed by atoms with E-state index in [-0.39, 0.29) is 19.8 Å². The fourth-order valence-corrected chi connectivity index (χ4v) is 0.643. The van der Waals surface area contributed by atoms with Crippen molar-refractivity contribution in [2.75, 3.05) is 33.0 Å². The van der Waals surface area contributed by atoms with E-state index in [2.05, 4.69) is 9.47 Å². The van der Waals surface area contributed by atoms with Gasteiger partial charge in [-0.15, -0.1) is 0 Å². The number of hydrogen-bond acceptors (Lipinski definition) is 4. The van der Waals surface area contributed by atoms with Crippen molar-refractivity contribution in [3.63, 3.8) is 0 Å². The maximum Gasteiger partial charge on any atom is 0.411 e. The molecule has 1 unspecified atom stereocenters.